The number of rotatable bonds is 5. The van der Waals surface area contributed by atoms with Crippen LogP contribution in [0.5, 0.6) is 0 Å². The number of nitrogens with zero attached hydrogens (tertiary/aromatic N) is 1. The molecule has 0 aromatic carbocycles. The monoisotopic (exact) mass is 201 g/mol. The van der Waals surface area contributed by atoms with Gasteiger partial charge in [-0.3, -0.25) is 0 Å². The Morgan fingerprint density at radius 3 is 2.46 bits per heavy atom. The van der Waals surface area contributed by atoms with Crippen molar-refractivity contribution in [2.24, 2.45) is 0 Å². The average Bonchev–Trinajstić information content (AvgIpc) is 2.21. The van der Waals surface area contributed by atoms with Gasteiger partial charge in [-0.15, -0.1) is 0 Å². The van der Waals surface area contributed by atoms with E-state index < -0.39 is 0 Å². The first-order valence-corrected chi connectivity index (χ1v) is 6.36. The maximum atomic E-state index is 4.27. The van der Waals surface area contributed by atoms with E-state index in [1.165, 1.54) is 51.6 Å². The third-order valence-corrected chi connectivity index (χ3v) is 3.42. The minimum absolute atomic E-state index is 0.888. The summed E-state index contributed by atoms with van der Waals surface area (Å²) >= 11 is 4.27. The van der Waals surface area contributed by atoms with Gasteiger partial charge in [0, 0.05) is 6.04 Å². The second-order valence-electron chi connectivity index (χ2n) is 4.00. The molecule has 1 rings (SSSR count). The van der Waals surface area contributed by atoms with E-state index >= 15 is 0 Å². The molecule has 0 spiro atoms. The van der Waals surface area contributed by atoms with Gasteiger partial charge < -0.3 is 4.90 Å². The highest BCUT2D eigenvalue weighted by atomic mass is 32.1. The summed E-state index contributed by atoms with van der Waals surface area (Å²) in [5, 5.41) is 0. The lowest BCUT2D eigenvalue weighted by Gasteiger charge is -2.33. The first-order valence-electron chi connectivity index (χ1n) is 5.73. The summed E-state index contributed by atoms with van der Waals surface area (Å²) in [4.78, 5) is 2.65. The van der Waals surface area contributed by atoms with Gasteiger partial charge in [-0.1, -0.05) is 26.2 Å². The molecule has 1 saturated carbocycles. The molecule has 0 atom stereocenters. The van der Waals surface area contributed by atoms with E-state index in [0.717, 1.165) is 11.8 Å². The highest BCUT2D eigenvalue weighted by molar-refractivity contribution is 7.80. The van der Waals surface area contributed by atoms with Crippen molar-refractivity contribution in [2.75, 3.05) is 18.8 Å². The predicted molar refractivity (Wildman–Crippen MR) is 62.6 cm³/mol. The van der Waals surface area contributed by atoms with Crippen LogP contribution in [0.4, 0.5) is 0 Å². The fraction of sp³-hybridized carbons (Fsp3) is 1.00. The summed E-state index contributed by atoms with van der Waals surface area (Å²) in [6.45, 7) is 4.76. The molecule has 2 heteroatoms. The lowest BCUT2D eigenvalue weighted by Crippen LogP contribution is -2.37. The molecule has 0 amide bonds. The molecule has 13 heavy (non-hydrogen) atoms. The van der Waals surface area contributed by atoms with Crippen LogP contribution in [-0.4, -0.2) is 29.8 Å². The van der Waals surface area contributed by atoms with Gasteiger partial charge in [0.2, 0.25) is 0 Å². The highest BCUT2D eigenvalue weighted by Gasteiger charge is 2.18. The fourth-order valence-corrected chi connectivity index (χ4v) is 2.46. The van der Waals surface area contributed by atoms with Crippen molar-refractivity contribution in [1.82, 2.24) is 4.90 Å². The standard InChI is InChI=1S/C11H23NS/c1-2-12(9-6-10-13)11-7-4-3-5-8-11/h11,13H,2-10H2,1H3. The summed E-state index contributed by atoms with van der Waals surface area (Å²) in [7, 11) is 0. The van der Waals surface area contributed by atoms with Gasteiger partial charge in [0.25, 0.3) is 0 Å². The van der Waals surface area contributed by atoms with Crippen molar-refractivity contribution in [1.29, 1.82) is 0 Å². The normalized spacial score (nSPS) is 19.6. The van der Waals surface area contributed by atoms with Gasteiger partial charge in [-0.25, -0.2) is 0 Å². The summed E-state index contributed by atoms with van der Waals surface area (Å²) < 4.78 is 0. The molecular formula is C11H23NS. The average molecular weight is 201 g/mol. The Hall–Kier alpha value is 0.310. The third kappa shape index (κ3) is 3.90. The quantitative estimate of drug-likeness (QED) is 0.669. The maximum absolute atomic E-state index is 4.27. The Labute approximate surface area is 88.3 Å². The summed E-state index contributed by atoms with van der Waals surface area (Å²) in [5.41, 5.74) is 0. The lowest BCUT2D eigenvalue weighted by molar-refractivity contribution is 0.164. The van der Waals surface area contributed by atoms with Crippen molar-refractivity contribution >= 4 is 12.6 Å². The van der Waals surface area contributed by atoms with E-state index in [1.54, 1.807) is 0 Å². The van der Waals surface area contributed by atoms with Crippen LogP contribution in [-0.2, 0) is 0 Å². The maximum Gasteiger partial charge on any atom is 0.00951 e. The zero-order valence-corrected chi connectivity index (χ0v) is 9.73. The van der Waals surface area contributed by atoms with E-state index in [-0.39, 0.29) is 0 Å². The van der Waals surface area contributed by atoms with E-state index in [1.807, 2.05) is 0 Å². The van der Waals surface area contributed by atoms with E-state index in [2.05, 4.69) is 24.5 Å². The fourth-order valence-electron chi connectivity index (χ4n) is 2.32. The minimum Gasteiger partial charge on any atom is -0.301 e. The molecule has 0 aromatic heterocycles. The molecule has 0 aliphatic heterocycles. The summed E-state index contributed by atoms with van der Waals surface area (Å²) in [5.74, 6) is 1.03. The molecule has 1 aliphatic carbocycles. The molecule has 0 bridgehead atoms. The van der Waals surface area contributed by atoms with Crippen LogP contribution >= 0.6 is 12.6 Å². The molecule has 1 fully saturated rings. The van der Waals surface area contributed by atoms with E-state index in [4.69, 9.17) is 0 Å². The van der Waals surface area contributed by atoms with Crippen LogP contribution in [0.1, 0.15) is 45.4 Å². The van der Waals surface area contributed by atoms with Crippen LogP contribution in [0.2, 0.25) is 0 Å². The zero-order chi connectivity index (χ0) is 9.52. The van der Waals surface area contributed by atoms with Gasteiger partial charge in [0.15, 0.2) is 0 Å². The van der Waals surface area contributed by atoms with Gasteiger partial charge in [-0.2, -0.15) is 12.6 Å². The molecule has 1 nitrogen and oxygen atoms in total. The Morgan fingerprint density at radius 2 is 1.92 bits per heavy atom. The second-order valence-corrected chi connectivity index (χ2v) is 4.44. The summed E-state index contributed by atoms with van der Waals surface area (Å²) in [6, 6.07) is 0.888. The molecular weight excluding hydrogens is 178 g/mol. The minimum atomic E-state index is 0.888. The van der Waals surface area contributed by atoms with Crippen LogP contribution in [0.15, 0.2) is 0 Å². The van der Waals surface area contributed by atoms with Crippen molar-refractivity contribution in [3.63, 3.8) is 0 Å². The Balaban J connectivity index is 2.26. The molecule has 78 valence electrons. The molecule has 0 unspecified atom stereocenters. The Kier molecular flexibility index (Phi) is 5.88. The van der Waals surface area contributed by atoms with Crippen molar-refractivity contribution in [3.05, 3.63) is 0 Å². The van der Waals surface area contributed by atoms with Crippen LogP contribution in [0.25, 0.3) is 0 Å². The van der Waals surface area contributed by atoms with E-state index in [0.29, 0.717) is 0 Å². The van der Waals surface area contributed by atoms with Crippen LogP contribution < -0.4 is 0 Å². The first kappa shape index (κ1) is 11.4. The molecule has 0 N–H and O–H groups in total. The van der Waals surface area contributed by atoms with E-state index in [9.17, 15) is 0 Å². The third-order valence-electron chi connectivity index (χ3n) is 3.10. The lowest BCUT2D eigenvalue weighted by atomic mass is 9.94. The highest BCUT2D eigenvalue weighted by Crippen LogP contribution is 2.22. The molecule has 1 aliphatic rings. The topological polar surface area (TPSA) is 3.24 Å². The second kappa shape index (κ2) is 6.72. The number of thiol groups is 1. The summed E-state index contributed by atoms with van der Waals surface area (Å²) in [6.07, 6.45) is 8.46. The van der Waals surface area contributed by atoms with Crippen molar-refractivity contribution in [3.8, 4) is 0 Å². The van der Waals surface area contributed by atoms with Crippen LogP contribution in [0.3, 0.4) is 0 Å². The zero-order valence-electron chi connectivity index (χ0n) is 8.84. The molecule has 0 saturated heterocycles. The Bertz CT molecular complexity index is 121. The predicted octanol–water partition coefficient (Wildman–Crippen LogP) is 2.96. The largest absolute Gasteiger partial charge is 0.301 e. The van der Waals surface area contributed by atoms with Gasteiger partial charge in [0.1, 0.15) is 0 Å². The van der Waals surface area contributed by atoms with Crippen LogP contribution in [0, 0.1) is 0 Å². The Morgan fingerprint density at radius 1 is 1.23 bits per heavy atom. The molecule has 0 radical (unpaired) electrons. The van der Waals surface area contributed by atoms with Crippen molar-refractivity contribution < 1.29 is 0 Å². The number of hydrogen-bond donors (Lipinski definition) is 1. The molecule has 0 heterocycles. The van der Waals surface area contributed by atoms with Crippen molar-refractivity contribution in [2.45, 2.75) is 51.5 Å². The van der Waals surface area contributed by atoms with Gasteiger partial charge >= 0.3 is 0 Å². The molecule has 0 aromatic rings. The smallest absolute Gasteiger partial charge is 0.00951 e. The SMILES string of the molecule is CCN(CCCS)C1CCCCC1. The van der Waals surface area contributed by atoms with Gasteiger partial charge in [-0.05, 0) is 38.1 Å². The first-order chi connectivity index (χ1) is 6.38. The van der Waals surface area contributed by atoms with Gasteiger partial charge in [0.05, 0.1) is 0 Å². The number of hydrogen-bond acceptors (Lipinski definition) is 2.